The van der Waals surface area contributed by atoms with E-state index in [1.165, 1.54) is 57.4 Å². The summed E-state index contributed by atoms with van der Waals surface area (Å²) in [6, 6.07) is 4.98. The van der Waals surface area contributed by atoms with Gasteiger partial charge >= 0.3 is 0 Å². The Balaban J connectivity index is 1.43. The summed E-state index contributed by atoms with van der Waals surface area (Å²) < 4.78 is 55.4. The smallest absolute Gasteiger partial charge is 0.194 e. The zero-order valence-electron chi connectivity index (χ0n) is 18.3. The molecule has 1 saturated carbocycles. The summed E-state index contributed by atoms with van der Waals surface area (Å²) >= 11 is 0. The fourth-order valence-corrected chi connectivity index (χ4v) is 5.77. The first-order chi connectivity index (χ1) is 15.0. The van der Waals surface area contributed by atoms with Gasteiger partial charge < -0.3 is 0 Å². The second-order valence-electron chi connectivity index (χ2n) is 9.63. The molecule has 0 amide bonds. The van der Waals surface area contributed by atoms with Crippen molar-refractivity contribution in [2.45, 2.75) is 77.6 Å². The van der Waals surface area contributed by atoms with Crippen LogP contribution >= 0.6 is 0 Å². The Hall–Kier alpha value is -1.84. The summed E-state index contributed by atoms with van der Waals surface area (Å²) in [4.78, 5) is 0. The largest absolute Gasteiger partial charge is 0.206 e. The van der Waals surface area contributed by atoms with Crippen molar-refractivity contribution in [1.29, 1.82) is 0 Å². The van der Waals surface area contributed by atoms with Crippen molar-refractivity contribution in [3.8, 4) is 11.1 Å². The van der Waals surface area contributed by atoms with Crippen LogP contribution in [0.2, 0.25) is 0 Å². The Morgan fingerprint density at radius 2 is 1.45 bits per heavy atom. The van der Waals surface area contributed by atoms with E-state index in [1.807, 2.05) is 0 Å². The van der Waals surface area contributed by atoms with E-state index >= 15 is 0 Å². The molecular formula is C27H32F4. The van der Waals surface area contributed by atoms with E-state index in [4.69, 9.17) is 0 Å². The van der Waals surface area contributed by atoms with Gasteiger partial charge in [0.15, 0.2) is 17.5 Å². The molecule has 2 aromatic rings. The molecule has 31 heavy (non-hydrogen) atoms. The maximum atomic E-state index is 14.9. The fraction of sp³-hybridized carbons (Fsp3) is 0.556. The molecule has 2 aromatic carbocycles. The average Bonchev–Trinajstić information content (AvgIpc) is 2.77. The van der Waals surface area contributed by atoms with Crippen LogP contribution in [0, 0.1) is 41.0 Å². The first-order valence-corrected chi connectivity index (χ1v) is 11.9. The molecule has 2 aliphatic rings. The summed E-state index contributed by atoms with van der Waals surface area (Å²) in [6.45, 7) is 2.25. The zero-order chi connectivity index (χ0) is 22.0. The summed E-state index contributed by atoms with van der Waals surface area (Å²) in [5, 5.41) is 0. The third-order valence-electron chi connectivity index (χ3n) is 7.62. The average molecular weight is 433 g/mol. The van der Waals surface area contributed by atoms with Crippen LogP contribution in [0.3, 0.4) is 0 Å². The molecule has 2 aliphatic carbocycles. The van der Waals surface area contributed by atoms with Crippen molar-refractivity contribution in [1.82, 2.24) is 0 Å². The highest BCUT2D eigenvalue weighted by Gasteiger charge is 2.30. The number of halogens is 4. The predicted octanol–water partition coefficient (Wildman–Crippen LogP) is 8.40. The third-order valence-corrected chi connectivity index (χ3v) is 7.62. The molecular weight excluding hydrogens is 400 g/mol. The van der Waals surface area contributed by atoms with Gasteiger partial charge in [0, 0.05) is 5.56 Å². The van der Waals surface area contributed by atoms with Gasteiger partial charge in [0.2, 0.25) is 0 Å². The monoisotopic (exact) mass is 432 g/mol. The van der Waals surface area contributed by atoms with E-state index in [0.717, 1.165) is 54.4 Å². The van der Waals surface area contributed by atoms with Crippen LogP contribution < -0.4 is 0 Å². The van der Waals surface area contributed by atoms with Crippen molar-refractivity contribution in [3.63, 3.8) is 0 Å². The molecule has 0 heterocycles. The standard InChI is InChI=1S/C27H32F4/c1-2-3-4-5-17-6-8-18(9-7-17)19-10-11-20-13-23(24(28)14-21(20)12-19)22-15-25(29)27(31)26(30)16-22/h13-19H,2-12H2,1H3. The molecule has 0 N–H and O–H groups in total. The molecule has 0 spiro atoms. The van der Waals surface area contributed by atoms with Crippen LogP contribution in [0.5, 0.6) is 0 Å². The first kappa shape index (κ1) is 22.4. The molecule has 0 radical (unpaired) electrons. The predicted molar refractivity (Wildman–Crippen MR) is 117 cm³/mol. The molecule has 1 fully saturated rings. The SMILES string of the molecule is CCCCCC1CCC(C2CCc3cc(-c4cc(F)c(F)c(F)c4)c(F)cc3C2)CC1. The summed E-state index contributed by atoms with van der Waals surface area (Å²) in [5.74, 6) is -2.41. The third kappa shape index (κ3) is 4.99. The van der Waals surface area contributed by atoms with E-state index in [1.54, 1.807) is 6.07 Å². The van der Waals surface area contributed by atoms with Crippen molar-refractivity contribution in [3.05, 3.63) is 58.7 Å². The maximum absolute atomic E-state index is 14.9. The topological polar surface area (TPSA) is 0 Å². The first-order valence-electron chi connectivity index (χ1n) is 11.9. The second-order valence-corrected chi connectivity index (χ2v) is 9.63. The van der Waals surface area contributed by atoms with E-state index < -0.39 is 23.3 Å². The number of benzene rings is 2. The van der Waals surface area contributed by atoms with E-state index in [0.29, 0.717) is 5.92 Å². The molecule has 0 bridgehead atoms. The van der Waals surface area contributed by atoms with Gasteiger partial charge in [-0.3, -0.25) is 0 Å². The highest BCUT2D eigenvalue weighted by atomic mass is 19.2. The van der Waals surface area contributed by atoms with Gasteiger partial charge in [0.25, 0.3) is 0 Å². The molecule has 1 atom stereocenters. The number of rotatable bonds is 6. The van der Waals surface area contributed by atoms with Crippen LogP contribution in [0.4, 0.5) is 17.6 Å². The maximum Gasteiger partial charge on any atom is 0.194 e. The number of fused-ring (bicyclic) bond motifs is 1. The van der Waals surface area contributed by atoms with Crippen LogP contribution in [0.1, 0.15) is 75.8 Å². The minimum atomic E-state index is -1.52. The van der Waals surface area contributed by atoms with Crippen molar-refractivity contribution >= 4 is 0 Å². The van der Waals surface area contributed by atoms with Gasteiger partial charge in [-0.05, 0) is 90.8 Å². The van der Waals surface area contributed by atoms with Crippen LogP contribution in [0.25, 0.3) is 11.1 Å². The highest BCUT2D eigenvalue weighted by Crippen LogP contribution is 2.42. The molecule has 0 nitrogen and oxygen atoms in total. The Labute approximate surface area is 183 Å². The van der Waals surface area contributed by atoms with Gasteiger partial charge in [-0.1, -0.05) is 45.4 Å². The summed E-state index contributed by atoms with van der Waals surface area (Å²) in [7, 11) is 0. The van der Waals surface area contributed by atoms with Gasteiger partial charge in [-0.2, -0.15) is 0 Å². The number of aryl methyl sites for hydroxylation is 1. The van der Waals surface area contributed by atoms with Gasteiger partial charge in [0.1, 0.15) is 5.82 Å². The Morgan fingerprint density at radius 3 is 2.13 bits per heavy atom. The van der Waals surface area contributed by atoms with E-state index in [2.05, 4.69) is 6.92 Å². The molecule has 168 valence electrons. The minimum Gasteiger partial charge on any atom is -0.206 e. The van der Waals surface area contributed by atoms with Gasteiger partial charge in [-0.15, -0.1) is 0 Å². The minimum absolute atomic E-state index is 0.0419. The quantitative estimate of drug-likeness (QED) is 0.244. The van der Waals surface area contributed by atoms with Gasteiger partial charge in [0.05, 0.1) is 0 Å². The number of unbranched alkanes of at least 4 members (excludes halogenated alkanes) is 2. The number of hydrogen-bond donors (Lipinski definition) is 0. The van der Waals surface area contributed by atoms with Crippen molar-refractivity contribution in [2.75, 3.05) is 0 Å². The van der Waals surface area contributed by atoms with Crippen molar-refractivity contribution < 1.29 is 17.6 Å². The lowest BCUT2D eigenvalue weighted by Crippen LogP contribution is -2.26. The van der Waals surface area contributed by atoms with Crippen LogP contribution in [0.15, 0.2) is 24.3 Å². The lowest BCUT2D eigenvalue weighted by atomic mass is 9.69. The van der Waals surface area contributed by atoms with E-state index in [-0.39, 0.29) is 11.1 Å². The molecule has 1 unspecified atom stereocenters. The molecule has 0 aliphatic heterocycles. The van der Waals surface area contributed by atoms with Gasteiger partial charge in [-0.25, -0.2) is 17.6 Å². The molecule has 0 aromatic heterocycles. The lowest BCUT2D eigenvalue weighted by molar-refractivity contribution is 0.183. The van der Waals surface area contributed by atoms with Crippen molar-refractivity contribution in [2.24, 2.45) is 17.8 Å². The molecule has 0 saturated heterocycles. The van der Waals surface area contributed by atoms with Crippen LogP contribution in [-0.4, -0.2) is 0 Å². The number of hydrogen-bond acceptors (Lipinski definition) is 0. The fourth-order valence-electron chi connectivity index (χ4n) is 5.77. The Kier molecular flexibility index (Phi) is 7.03. The second kappa shape index (κ2) is 9.75. The molecule has 4 rings (SSSR count). The summed E-state index contributed by atoms with van der Waals surface area (Å²) in [6.07, 6.45) is 13.4. The zero-order valence-corrected chi connectivity index (χ0v) is 18.3. The van der Waals surface area contributed by atoms with Crippen LogP contribution in [-0.2, 0) is 12.8 Å². The summed E-state index contributed by atoms with van der Waals surface area (Å²) in [5.41, 5.74) is 2.25. The highest BCUT2D eigenvalue weighted by molar-refractivity contribution is 5.66. The lowest BCUT2D eigenvalue weighted by Gasteiger charge is -2.36. The molecule has 4 heteroatoms. The normalized spacial score (nSPS) is 23.6. The Morgan fingerprint density at radius 1 is 0.742 bits per heavy atom. The van der Waals surface area contributed by atoms with E-state index in [9.17, 15) is 17.6 Å². The Bertz CT molecular complexity index is 889.